The molecule has 0 aliphatic rings. The van der Waals surface area contributed by atoms with Crippen LogP contribution in [0.2, 0.25) is 10.0 Å². The molecule has 6 heteroatoms. The highest BCUT2D eigenvalue weighted by Crippen LogP contribution is 2.28. The first-order chi connectivity index (χ1) is 8.99. The third-order valence-corrected chi connectivity index (χ3v) is 3.32. The predicted octanol–water partition coefficient (Wildman–Crippen LogP) is 3.31. The zero-order valence-corrected chi connectivity index (χ0v) is 12.1. The monoisotopic (exact) mass is 302 g/mol. The fourth-order valence-electron chi connectivity index (χ4n) is 1.47. The number of hydrogen-bond donors (Lipinski definition) is 2. The van der Waals surface area contributed by atoms with Crippen LogP contribution in [0.1, 0.15) is 5.56 Å². The van der Waals surface area contributed by atoms with Crippen molar-refractivity contribution in [2.24, 2.45) is 0 Å². The van der Waals surface area contributed by atoms with Crippen molar-refractivity contribution in [1.29, 1.82) is 0 Å². The number of aliphatic hydroxyl groups excluding tert-OH is 1. The topological polar surface area (TPSA) is 52.6 Å². The number of urea groups is 1. The van der Waals surface area contributed by atoms with E-state index < -0.39 is 0 Å². The summed E-state index contributed by atoms with van der Waals surface area (Å²) in [6.45, 7) is 5.82. The standard InChI is InChI=1S/C13H16Cl2N2O2/c1-3-4-17(5-6-18)13(19)16-10-7-11(14)9(2)12(15)8-10/h3,7-8,18H,1,4-6H2,2H3,(H,16,19). The second-order valence-corrected chi connectivity index (χ2v) is 4.77. The summed E-state index contributed by atoms with van der Waals surface area (Å²) in [7, 11) is 0. The molecule has 0 bridgehead atoms. The van der Waals surface area contributed by atoms with Gasteiger partial charge < -0.3 is 15.3 Å². The highest BCUT2D eigenvalue weighted by molar-refractivity contribution is 6.36. The van der Waals surface area contributed by atoms with Gasteiger partial charge in [-0.25, -0.2) is 4.79 Å². The molecule has 0 unspecified atom stereocenters. The van der Waals surface area contributed by atoms with Crippen LogP contribution in [0.3, 0.4) is 0 Å². The Morgan fingerprint density at radius 2 is 2.05 bits per heavy atom. The lowest BCUT2D eigenvalue weighted by Crippen LogP contribution is -2.37. The number of aliphatic hydroxyl groups is 1. The molecule has 2 N–H and O–H groups in total. The zero-order valence-electron chi connectivity index (χ0n) is 10.6. The lowest BCUT2D eigenvalue weighted by Gasteiger charge is -2.20. The fraction of sp³-hybridized carbons (Fsp3) is 0.308. The van der Waals surface area contributed by atoms with Gasteiger partial charge in [0.1, 0.15) is 0 Å². The van der Waals surface area contributed by atoms with Crippen LogP contribution in [0, 0.1) is 6.92 Å². The highest BCUT2D eigenvalue weighted by atomic mass is 35.5. The average Bonchev–Trinajstić information content (AvgIpc) is 2.35. The smallest absolute Gasteiger partial charge is 0.322 e. The molecular weight excluding hydrogens is 287 g/mol. The minimum Gasteiger partial charge on any atom is -0.395 e. The van der Waals surface area contributed by atoms with Crippen LogP contribution in [-0.4, -0.2) is 35.7 Å². The van der Waals surface area contributed by atoms with Gasteiger partial charge in [0.15, 0.2) is 0 Å². The van der Waals surface area contributed by atoms with E-state index in [1.54, 1.807) is 25.1 Å². The number of rotatable bonds is 5. The summed E-state index contributed by atoms with van der Waals surface area (Å²) in [5.41, 5.74) is 1.28. The number of carbonyl (C=O) groups excluding carboxylic acids is 1. The van der Waals surface area contributed by atoms with E-state index in [9.17, 15) is 4.79 Å². The van der Waals surface area contributed by atoms with Crippen molar-refractivity contribution in [3.63, 3.8) is 0 Å². The van der Waals surface area contributed by atoms with Crippen LogP contribution in [0.25, 0.3) is 0 Å². The van der Waals surface area contributed by atoms with Crippen LogP contribution in [0.15, 0.2) is 24.8 Å². The first-order valence-electron chi connectivity index (χ1n) is 5.73. The van der Waals surface area contributed by atoms with Gasteiger partial charge in [-0.2, -0.15) is 0 Å². The summed E-state index contributed by atoms with van der Waals surface area (Å²) >= 11 is 12.0. The van der Waals surface area contributed by atoms with Gasteiger partial charge in [-0.05, 0) is 24.6 Å². The molecule has 0 saturated carbocycles. The van der Waals surface area contributed by atoms with Crippen LogP contribution in [-0.2, 0) is 0 Å². The quantitative estimate of drug-likeness (QED) is 0.820. The van der Waals surface area contributed by atoms with Gasteiger partial charge in [0.05, 0.1) is 6.61 Å². The number of nitrogens with one attached hydrogen (secondary N) is 1. The Bertz CT molecular complexity index is 455. The maximum atomic E-state index is 12.0. The second-order valence-electron chi connectivity index (χ2n) is 3.95. The van der Waals surface area contributed by atoms with Gasteiger partial charge in [-0.15, -0.1) is 6.58 Å². The molecule has 0 fully saturated rings. The Hall–Kier alpha value is -1.23. The van der Waals surface area contributed by atoms with E-state index in [0.717, 1.165) is 5.56 Å². The Balaban J connectivity index is 2.83. The number of anilines is 1. The van der Waals surface area contributed by atoms with Crippen molar-refractivity contribution in [2.75, 3.05) is 25.0 Å². The number of amides is 2. The number of benzene rings is 1. The molecule has 104 valence electrons. The number of halogens is 2. The second kappa shape index (κ2) is 7.38. The van der Waals surface area contributed by atoms with Crippen molar-refractivity contribution in [1.82, 2.24) is 4.90 Å². The predicted molar refractivity (Wildman–Crippen MR) is 79.1 cm³/mol. The summed E-state index contributed by atoms with van der Waals surface area (Å²) in [4.78, 5) is 13.4. The average molecular weight is 303 g/mol. The highest BCUT2D eigenvalue weighted by Gasteiger charge is 2.13. The largest absolute Gasteiger partial charge is 0.395 e. The fourth-order valence-corrected chi connectivity index (χ4v) is 1.96. The maximum absolute atomic E-state index is 12.0. The maximum Gasteiger partial charge on any atom is 0.322 e. The summed E-state index contributed by atoms with van der Waals surface area (Å²) in [6.07, 6.45) is 1.59. The van der Waals surface area contributed by atoms with Crippen LogP contribution in [0.5, 0.6) is 0 Å². The zero-order chi connectivity index (χ0) is 14.4. The molecule has 1 aromatic rings. The van der Waals surface area contributed by atoms with E-state index in [1.165, 1.54) is 4.90 Å². The molecule has 0 heterocycles. The first-order valence-corrected chi connectivity index (χ1v) is 6.48. The summed E-state index contributed by atoms with van der Waals surface area (Å²) in [5.74, 6) is 0. The van der Waals surface area contributed by atoms with E-state index in [1.807, 2.05) is 0 Å². The van der Waals surface area contributed by atoms with Crippen LogP contribution < -0.4 is 5.32 Å². The van der Waals surface area contributed by atoms with Gasteiger partial charge in [0, 0.05) is 28.8 Å². The molecule has 4 nitrogen and oxygen atoms in total. The lowest BCUT2D eigenvalue weighted by atomic mass is 10.2. The van der Waals surface area contributed by atoms with Gasteiger partial charge in [0.2, 0.25) is 0 Å². The third kappa shape index (κ3) is 4.42. The minimum atomic E-state index is -0.343. The molecule has 19 heavy (non-hydrogen) atoms. The normalized spacial score (nSPS) is 10.1. The summed E-state index contributed by atoms with van der Waals surface area (Å²) in [5, 5.41) is 12.6. The van der Waals surface area contributed by atoms with Crippen molar-refractivity contribution < 1.29 is 9.90 Å². The van der Waals surface area contributed by atoms with Gasteiger partial charge in [0.25, 0.3) is 0 Å². The first kappa shape index (κ1) is 15.8. The summed E-state index contributed by atoms with van der Waals surface area (Å²) in [6, 6.07) is 2.92. The number of nitrogens with zero attached hydrogens (tertiary/aromatic N) is 1. The molecule has 2 amide bonds. The Labute approximate surface area is 122 Å². The lowest BCUT2D eigenvalue weighted by molar-refractivity contribution is 0.195. The SMILES string of the molecule is C=CCN(CCO)C(=O)Nc1cc(Cl)c(C)c(Cl)c1. The molecule has 0 spiro atoms. The van der Waals surface area contributed by atoms with E-state index in [0.29, 0.717) is 22.3 Å². The van der Waals surface area contributed by atoms with Gasteiger partial charge >= 0.3 is 6.03 Å². The van der Waals surface area contributed by atoms with Gasteiger partial charge in [-0.3, -0.25) is 0 Å². The molecule has 1 aromatic carbocycles. The van der Waals surface area contributed by atoms with Crippen molar-refractivity contribution in [3.8, 4) is 0 Å². The number of hydrogen-bond acceptors (Lipinski definition) is 2. The third-order valence-electron chi connectivity index (χ3n) is 2.54. The molecule has 0 aliphatic heterocycles. The van der Waals surface area contributed by atoms with Gasteiger partial charge in [-0.1, -0.05) is 29.3 Å². The minimum absolute atomic E-state index is 0.114. The Morgan fingerprint density at radius 1 is 1.47 bits per heavy atom. The molecule has 0 saturated heterocycles. The van der Waals surface area contributed by atoms with Crippen LogP contribution in [0.4, 0.5) is 10.5 Å². The van der Waals surface area contributed by atoms with Crippen LogP contribution >= 0.6 is 23.2 Å². The molecule has 0 aromatic heterocycles. The molecule has 1 rings (SSSR count). The summed E-state index contributed by atoms with van der Waals surface area (Å²) < 4.78 is 0. The Morgan fingerprint density at radius 3 is 2.53 bits per heavy atom. The van der Waals surface area contributed by atoms with E-state index in [4.69, 9.17) is 28.3 Å². The molecular formula is C13H16Cl2N2O2. The number of carbonyl (C=O) groups is 1. The molecule has 0 atom stereocenters. The van der Waals surface area contributed by atoms with Crippen molar-refractivity contribution >= 4 is 34.9 Å². The molecule has 0 aliphatic carbocycles. The van der Waals surface area contributed by atoms with E-state index in [-0.39, 0.29) is 19.2 Å². The van der Waals surface area contributed by atoms with Crippen molar-refractivity contribution in [2.45, 2.75) is 6.92 Å². The Kier molecular flexibility index (Phi) is 6.15. The van der Waals surface area contributed by atoms with E-state index in [2.05, 4.69) is 11.9 Å². The van der Waals surface area contributed by atoms with Crippen molar-refractivity contribution in [3.05, 3.63) is 40.4 Å². The van der Waals surface area contributed by atoms with E-state index >= 15 is 0 Å². The molecule has 0 radical (unpaired) electrons.